The van der Waals surface area contributed by atoms with Crippen LogP contribution in [-0.4, -0.2) is 131 Å². The second-order valence-electron chi connectivity index (χ2n) is 37.3. The number of benzene rings is 6. The minimum absolute atomic E-state index is 0.129. The van der Waals surface area contributed by atoms with Crippen LogP contribution in [0.15, 0.2) is 220 Å². The molecule has 2 aliphatic heterocycles. The summed E-state index contributed by atoms with van der Waals surface area (Å²) in [6, 6.07) is 39.7. The fraction of sp³-hybridized carbons (Fsp3) is 0.347. The zero-order valence-electron chi connectivity index (χ0n) is 74.1. The predicted octanol–water partition coefficient (Wildman–Crippen LogP) is 21.5. The number of sulfone groups is 3. The highest BCUT2D eigenvalue weighted by molar-refractivity contribution is 14.1. The molecule has 133 heavy (non-hydrogen) atoms. The second kappa shape index (κ2) is 37.4. The van der Waals surface area contributed by atoms with E-state index >= 15 is 0 Å². The summed E-state index contributed by atoms with van der Waals surface area (Å²) in [5, 5.41) is 29.9. The van der Waals surface area contributed by atoms with Crippen LogP contribution in [0.1, 0.15) is 178 Å². The molecule has 7 fully saturated rings. The molecule has 0 bridgehead atoms. The van der Waals surface area contributed by atoms with E-state index < -0.39 is 82.7 Å². The number of hydrogen-bond donors (Lipinski definition) is 1. The Hall–Kier alpha value is -10.9. The summed E-state index contributed by atoms with van der Waals surface area (Å²) in [6.07, 6.45) is 42.3. The number of nitrogens with zero attached hydrogens (tertiary/aromatic N) is 12. The SMILES string of the molecule is CC1(C)OB(c2cc(CS(=O)(=O)C3CC3)cc(-c3ccc(F)cc3F)c2)OC1(C)C.Ic1cnn2cc(-c3cnn(C4CCCCC4)c3)ccc12.O=S(=O)(Cc1cc(-c2ccc(F)cc2F)cc(-c2cnn3cc(-c4cnn(C5CCCCC5)c4)ccc23)c1)C1CC1.O=S(=O)(Cc1cc(-c2ccc(F)cc2F)cc(-c2cnn3cc(-c4cnn(C5CCNCC5)c4)ccc23)c1)C1CC1. The summed E-state index contributed by atoms with van der Waals surface area (Å²) in [4.78, 5) is 0. The fourth-order valence-electron chi connectivity index (χ4n) is 18.4. The van der Waals surface area contributed by atoms with E-state index in [0.717, 1.165) is 112 Å². The Labute approximate surface area is 782 Å². The van der Waals surface area contributed by atoms with Gasteiger partial charge in [-0.05, 0) is 281 Å². The summed E-state index contributed by atoms with van der Waals surface area (Å²) >= 11 is 2.31. The maximum absolute atomic E-state index is 14.8. The van der Waals surface area contributed by atoms with Crippen molar-refractivity contribution in [1.82, 2.24) is 63.5 Å². The molecule has 9 aromatic heterocycles. The highest BCUT2D eigenvalue weighted by atomic mass is 127. The highest BCUT2D eigenvalue weighted by Crippen LogP contribution is 2.43. The Balaban J connectivity index is 0.000000118. The molecular weight excluding hydrogens is 1870 g/mol. The largest absolute Gasteiger partial charge is 0.494 e. The van der Waals surface area contributed by atoms with E-state index in [2.05, 4.69) is 105 Å². The second-order valence-corrected chi connectivity index (χ2v) is 45.3. The van der Waals surface area contributed by atoms with E-state index in [1.165, 1.54) is 102 Å². The van der Waals surface area contributed by atoms with Crippen LogP contribution < -0.4 is 10.8 Å². The van der Waals surface area contributed by atoms with Crippen LogP contribution in [-0.2, 0) is 56.1 Å². The van der Waals surface area contributed by atoms with E-state index in [1.807, 2.05) is 117 Å². The van der Waals surface area contributed by atoms with Crippen molar-refractivity contribution in [3.8, 4) is 89.0 Å². The van der Waals surface area contributed by atoms with E-state index in [-0.39, 0.29) is 49.7 Å². The van der Waals surface area contributed by atoms with Crippen molar-refractivity contribution in [3.63, 3.8) is 0 Å². The van der Waals surface area contributed by atoms with Gasteiger partial charge in [0.15, 0.2) is 29.5 Å². The molecule has 7 aliphatic rings. The number of hydrogen-bond acceptors (Lipinski definition) is 15. The van der Waals surface area contributed by atoms with Gasteiger partial charge in [-0.25, -0.2) is 65.1 Å². The number of nitrogens with one attached hydrogen (secondary N) is 1. The van der Waals surface area contributed by atoms with Gasteiger partial charge in [0.2, 0.25) is 0 Å². The Morgan fingerprint density at radius 2 is 0.677 bits per heavy atom. The number of rotatable bonds is 21. The summed E-state index contributed by atoms with van der Waals surface area (Å²) in [6.45, 7) is 9.68. The van der Waals surface area contributed by atoms with Crippen molar-refractivity contribution >= 4 is 81.2 Å². The standard InChI is InChI=1S/C32H30F2N4O2S.C31H29F2N5O2S.C22H25BF2O4S.C16H17IN4/c33-26-7-10-29(31(34)15-26)23-12-21(20-41(39,40)28-8-9-28)13-24(14-23)30-17-36-38-18-22(6-11-32(30)38)25-16-35-37(19-25)27-4-2-1-3-5-27;32-25-2-5-28(30(33)14-25)22-11-20(19-41(39,40)27-3-4-27)12-23(13-22)29-16-36-38-17-21(1-6-31(29)38)24-15-35-37(18-24)26-7-9-34-10-8-26;1-21(2)22(3,4)29-23(28-21)16-10-14(13-30(26,27)18-6-7-18)9-15(11-16)19-8-5-17(24)12-20(19)25;17-15-9-19-21-10-12(6-7-16(15)21)13-8-18-20(11-13)14-4-2-1-3-5-14/h6-7,10-19,27-28H,1-5,8-9,20H2;1-2,5-6,11-18,26-27,34H,3-4,7-10,19H2;5,8-12,18H,6-7,13H2,1-4H3;6-11,14H,1-5H2. The lowest BCUT2D eigenvalue weighted by atomic mass is 9.77. The zero-order valence-corrected chi connectivity index (χ0v) is 78.7. The van der Waals surface area contributed by atoms with Crippen molar-refractivity contribution in [1.29, 1.82) is 0 Å². The summed E-state index contributed by atoms with van der Waals surface area (Å²) in [7, 11) is -10.6. The predicted molar refractivity (Wildman–Crippen MR) is 513 cm³/mol. The first-order chi connectivity index (χ1) is 63.9. The van der Waals surface area contributed by atoms with Crippen LogP contribution in [0.2, 0.25) is 0 Å². The van der Waals surface area contributed by atoms with Crippen LogP contribution in [0, 0.1) is 38.5 Å². The summed E-state index contributed by atoms with van der Waals surface area (Å²) < 4.78 is 187. The summed E-state index contributed by atoms with van der Waals surface area (Å²) in [5.74, 6) is -4.52. The number of pyridine rings is 3. The average Bonchev–Trinajstić information content (AvgIpc) is 1.74. The maximum Gasteiger partial charge on any atom is 0.494 e. The molecule has 21 nitrogen and oxygen atoms in total. The molecular formula is C101H101BF6IN13O8S3. The van der Waals surface area contributed by atoms with Gasteiger partial charge in [-0.1, -0.05) is 74.9 Å². The zero-order chi connectivity index (χ0) is 92.4. The number of aromatic nitrogens is 12. The lowest BCUT2D eigenvalue weighted by molar-refractivity contribution is 0.00578. The third-order valence-electron chi connectivity index (χ3n) is 27.0. The number of fused-ring (bicyclic) bond motifs is 3. The molecule has 0 atom stereocenters. The first-order valence-electron chi connectivity index (χ1n) is 45.6. The van der Waals surface area contributed by atoms with Gasteiger partial charge >= 0.3 is 7.12 Å². The third kappa shape index (κ3) is 20.4. The van der Waals surface area contributed by atoms with E-state index in [0.29, 0.717) is 101 Å². The molecule has 0 unspecified atom stereocenters. The van der Waals surface area contributed by atoms with Gasteiger partial charge in [0, 0.05) is 117 Å². The molecule has 5 aliphatic carbocycles. The molecule has 22 rings (SSSR count). The van der Waals surface area contributed by atoms with Gasteiger partial charge in [-0.2, -0.15) is 30.6 Å². The van der Waals surface area contributed by atoms with Crippen molar-refractivity contribution < 1.29 is 60.9 Å². The first-order valence-corrected chi connectivity index (χ1v) is 51.8. The number of piperidine rings is 1. The maximum atomic E-state index is 14.8. The average molecular weight is 1970 g/mol. The monoisotopic (exact) mass is 1970 g/mol. The molecule has 0 amide bonds. The Bertz CT molecular complexity index is 6980. The van der Waals surface area contributed by atoms with Crippen molar-refractivity contribution in [2.75, 3.05) is 13.1 Å². The van der Waals surface area contributed by atoms with Gasteiger partial charge in [-0.15, -0.1) is 0 Å². The van der Waals surface area contributed by atoms with Crippen molar-refractivity contribution in [2.45, 2.75) is 206 Å². The molecule has 15 aromatic rings. The molecule has 1 N–H and O–H groups in total. The normalized spacial score (nSPS) is 17.4. The molecule has 0 radical (unpaired) electrons. The quantitative estimate of drug-likeness (QED) is 0.0400. The molecule has 5 saturated carbocycles. The lowest BCUT2D eigenvalue weighted by Gasteiger charge is -2.32. The molecule has 0 spiro atoms. The first kappa shape index (κ1) is 91.3. The van der Waals surface area contributed by atoms with Crippen LogP contribution in [0.4, 0.5) is 26.3 Å². The van der Waals surface area contributed by atoms with E-state index in [1.54, 1.807) is 57.8 Å². The van der Waals surface area contributed by atoms with Crippen LogP contribution in [0.25, 0.3) is 106 Å². The van der Waals surface area contributed by atoms with Gasteiger partial charge < -0.3 is 14.6 Å². The van der Waals surface area contributed by atoms with Crippen LogP contribution in [0.3, 0.4) is 0 Å². The highest BCUT2D eigenvalue weighted by Gasteiger charge is 2.52. The minimum atomic E-state index is -3.31. The smallest absolute Gasteiger partial charge is 0.399 e. The lowest BCUT2D eigenvalue weighted by Crippen LogP contribution is -2.41. The van der Waals surface area contributed by atoms with Crippen molar-refractivity contribution in [2.24, 2.45) is 0 Å². The molecule has 32 heteroatoms. The Morgan fingerprint density at radius 3 is 1.05 bits per heavy atom. The topological polar surface area (TPSA) is 238 Å². The van der Waals surface area contributed by atoms with Gasteiger partial charge in [0.25, 0.3) is 0 Å². The Kier molecular flexibility index (Phi) is 25.7. The van der Waals surface area contributed by atoms with E-state index in [9.17, 15) is 51.6 Å². The van der Waals surface area contributed by atoms with Crippen molar-refractivity contribution in [3.05, 3.63) is 275 Å². The van der Waals surface area contributed by atoms with Crippen LogP contribution in [0.5, 0.6) is 0 Å². The van der Waals surface area contributed by atoms with E-state index in [4.69, 9.17) is 9.31 Å². The fourth-order valence-corrected chi connectivity index (χ4v) is 24.2. The number of halogens is 7. The Morgan fingerprint density at radius 1 is 0.346 bits per heavy atom. The van der Waals surface area contributed by atoms with Gasteiger partial charge in [-0.3, -0.25) is 14.0 Å². The third-order valence-corrected chi connectivity index (χ3v) is 34.5. The summed E-state index contributed by atoms with van der Waals surface area (Å²) in [5.41, 5.74) is 15.4. The van der Waals surface area contributed by atoms with Gasteiger partial charge in [0.05, 0.1) is 120 Å². The molecule has 11 heterocycles. The van der Waals surface area contributed by atoms with Crippen LogP contribution >= 0.6 is 22.6 Å². The van der Waals surface area contributed by atoms with Gasteiger partial charge in [0.1, 0.15) is 34.9 Å². The molecule has 6 aromatic carbocycles. The molecule has 2 saturated heterocycles. The molecule has 688 valence electrons. The minimum Gasteiger partial charge on any atom is -0.399 e.